The van der Waals surface area contributed by atoms with Gasteiger partial charge in [0.15, 0.2) is 0 Å². The van der Waals surface area contributed by atoms with Crippen molar-refractivity contribution >= 4 is 11.6 Å². The Bertz CT molecular complexity index is 456. The van der Waals surface area contributed by atoms with Gasteiger partial charge in [0.25, 0.3) is 0 Å². The van der Waals surface area contributed by atoms with Gasteiger partial charge in [-0.25, -0.2) is 0 Å². The van der Waals surface area contributed by atoms with Crippen LogP contribution in [0, 0.1) is 11.8 Å². The van der Waals surface area contributed by atoms with Gasteiger partial charge in [-0.05, 0) is 56.5 Å². The number of ether oxygens (including phenoxy) is 2. The number of aromatic nitrogens is 3. The number of rotatable bonds is 4. The highest BCUT2D eigenvalue weighted by Crippen LogP contribution is 2.31. The standard InChI is InChI=1S/C14H22ClN3O2/c1-8(2)19-13-16-12(15)17-14(18-13)20-11-6-5-9(3)10(4)7-11/h8-11H,5-7H2,1-4H3. The van der Waals surface area contributed by atoms with Crippen LogP contribution in [0.5, 0.6) is 12.0 Å². The third-order valence-electron chi connectivity index (χ3n) is 3.73. The van der Waals surface area contributed by atoms with Crippen LogP contribution in [0.4, 0.5) is 0 Å². The van der Waals surface area contributed by atoms with E-state index in [1.165, 1.54) is 6.42 Å². The van der Waals surface area contributed by atoms with Crippen molar-refractivity contribution in [2.24, 2.45) is 11.8 Å². The molecule has 1 aromatic rings. The van der Waals surface area contributed by atoms with E-state index in [0.717, 1.165) is 18.8 Å². The molecule has 6 heteroatoms. The van der Waals surface area contributed by atoms with Crippen LogP contribution >= 0.6 is 11.6 Å². The van der Waals surface area contributed by atoms with E-state index in [2.05, 4.69) is 28.8 Å². The zero-order valence-corrected chi connectivity index (χ0v) is 13.2. The van der Waals surface area contributed by atoms with Crippen molar-refractivity contribution in [2.45, 2.75) is 59.2 Å². The SMILES string of the molecule is CC(C)Oc1nc(Cl)nc(OC2CCC(C)C(C)C2)n1. The van der Waals surface area contributed by atoms with Crippen molar-refractivity contribution in [2.75, 3.05) is 0 Å². The topological polar surface area (TPSA) is 57.1 Å². The number of hydrogen-bond donors (Lipinski definition) is 0. The van der Waals surface area contributed by atoms with E-state index in [1.807, 2.05) is 13.8 Å². The molecular weight excluding hydrogens is 278 g/mol. The Morgan fingerprint density at radius 2 is 1.75 bits per heavy atom. The molecule has 1 fully saturated rings. The second kappa shape index (κ2) is 6.57. The van der Waals surface area contributed by atoms with Crippen LogP contribution in [0.15, 0.2) is 0 Å². The summed E-state index contributed by atoms with van der Waals surface area (Å²) >= 11 is 5.88. The summed E-state index contributed by atoms with van der Waals surface area (Å²) in [6, 6.07) is 0.472. The molecule has 1 heterocycles. The lowest BCUT2D eigenvalue weighted by Gasteiger charge is -2.31. The Balaban J connectivity index is 2.03. The van der Waals surface area contributed by atoms with E-state index in [1.54, 1.807) is 0 Å². The van der Waals surface area contributed by atoms with Gasteiger partial charge in [0.1, 0.15) is 6.10 Å². The molecule has 0 spiro atoms. The van der Waals surface area contributed by atoms with Crippen LogP contribution < -0.4 is 9.47 Å². The minimum Gasteiger partial charge on any atom is -0.461 e. The highest BCUT2D eigenvalue weighted by Gasteiger charge is 2.26. The highest BCUT2D eigenvalue weighted by molar-refractivity contribution is 6.28. The van der Waals surface area contributed by atoms with E-state index < -0.39 is 0 Å². The summed E-state index contributed by atoms with van der Waals surface area (Å²) in [4.78, 5) is 12.1. The molecule has 0 N–H and O–H groups in total. The monoisotopic (exact) mass is 299 g/mol. The molecule has 0 bridgehead atoms. The molecule has 1 aromatic heterocycles. The minimum absolute atomic E-state index is 0.0168. The average Bonchev–Trinajstić information content (AvgIpc) is 2.32. The molecule has 0 aliphatic heterocycles. The van der Waals surface area contributed by atoms with Crippen molar-refractivity contribution in [3.05, 3.63) is 5.28 Å². The zero-order chi connectivity index (χ0) is 14.7. The molecule has 0 amide bonds. The van der Waals surface area contributed by atoms with E-state index >= 15 is 0 Å². The second-order valence-electron chi connectivity index (χ2n) is 5.84. The van der Waals surface area contributed by atoms with E-state index in [9.17, 15) is 0 Å². The van der Waals surface area contributed by atoms with Crippen LogP contribution in [0.1, 0.15) is 47.0 Å². The predicted molar refractivity (Wildman–Crippen MR) is 77.2 cm³/mol. The molecule has 1 aliphatic carbocycles. The third kappa shape index (κ3) is 4.20. The third-order valence-corrected chi connectivity index (χ3v) is 3.90. The summed E-state index contributed by atoms with van der Waals surface area (Å²) in [5.74, 6) is 1.40. The molecule has 3 atom stereocenters. The molecule has 5 nitrogen and oxygen atoms in total. The largest absolute Gasteiger partial charge is 0.461 e. The molecule has 112 valence electrons. The first-order valence-electron chi connectivity index (χ1n) is 7.19. The quantitative estimate of drug-likeness (QED) is 0.851. The van der Waals surface area contributed by atoms with Gasteiger partial charge in [-0.15, -0.1) is 4.98 Å². The fraction of sp³-hybridized carbons (Fsp3) is 0.786. The fourth-order valence-corrected chi connectivity index (χ4v) is 2.53. The number of nitrogens with zero attached hydrogens (tertiary/aromatic N) is 3. The van der Waals surface area contributed by atoms with Crippen molar-refractivity contribution in [1.82, 2.24) is 15.0 Å². The molecule has 0 aromatic carbocycles. The number of hydrogen-bond acceptors (Lipinski definition) is 5. The maximum Gasteiger partial charge on any atom is 0.324 e. The molecule has 2 rings (SSSR count). The van der Waals surface area contributed by atoms with Gasteiger partial charge >= 0.3 is 12.0 Å². The lowest BCUT2D eigenvalue weighted by Crippen LogP contribution is -2.29. The molecule has 1 aliphatic rings. The maximum atomic E-state index is 5.88. The fourth-order valence-electron chi connectivity index (χ4n) is 2.39. The molecule has 3 unspecified atom stereocenters. The van der Waals surface area contributed by atoms with Crippen LogP contribution in [0.2, 0.25) is 5.28 Å². The smallest absolute Gasteiger partial charge is 0.324 e. The van der Waals surface area contributed by atoms with Crippen molar-refractivity contribution in [1.29, 1.82) is 0 Å². The van der Waals surface area contributed by atoms with Gasteiger partial charge in [-0.1, -0.05) is 13.8 Å². The van der Waals surface area contributed by atoms with Crippen LogP contribution in [0.3, 0.4) is 0 Å². The van der Waals surface area contributed by atoms with Gasteiger partial charge in [-0.3, -0.25) is 0 Å². The summed E-state index contributed by atoms with van der Waals surface area (Å²) in [7, 11) is 0. The van der Waals surface area contributed by atoms with E-state index in [4.69, 9.17) is 21.1 Å². The summed E-state index contributed by atoms with van der Waals surface area (Å²) < 4.78 is 11.3. The van der Waals surface area contributed by atoms with E-state index in [0.29, 0.717) is 5.92 Å². The number of halogens is 1. The Hall–Kier alpha value is -1.10. The Labute approximate surface area is 125 Å². The van der Waals surface area contributed by atoms with E-state index in [-0.39, 0.29) is 29.5 Å². The lowest BCUT2D eigenvalue weighted by molar-refractivity contribution is 0.0898. The van der Waals surface area contributed by atoms with Gasteiger partial charge < -0.3 is 9.47 Å². The summed E-state index contributed by atoms with van der Waals surface area (Å²) in [6.07, 6.45) is 3.34. The van der Waals surface area contributed by atoms with Gasteiger partial charge in [0.2, 0.25) is 5.28 Å². The molecule has 0 radical (unpaired) electrons. The summed E-state index contributed by atoms with van der Waals surface area (Å²) in [5.41, 5.74) is 0. The summed E-state index contributed by atoms with van der Waals surface area (Å²) in [5, 5.41) is 0.0999. The zero-order valence-electron chi connectivity index (χ0n) is 12.5. The van der Waals surface area contributed by atoms with Crippen molar-refractivity contribution < 1.29 is 9.47 Å². The molecule has 1 saturated carbocycles. The Kier molecular flexibility index (Phi) is 5.02. The molecule has 20 heavy (non-hydrogen) atoms. The van der Waals surface area contributed by atoms with Crippen LogP contribution in [-0.4, -0.2) is 27.2 Å². The van der Waals surface area contributed by atoms with Crippen LogP contribution in [-0.2, 0) is 0 Å². The predicted octanol–water partition coefficient (Wildman–Crippen LogP) is 3.52. The van der Waals surface area contributed by atoms with Crippen LogP contribution in [0.25, 0.3) is 0 Å². The Morgan fingerprint density at radius 1 is 1.05 bits per heavy atom. The normalized spacial score (nSPS) is 26.6. The van der Waals surface area contributed by atoms with Crippen molar-refractivity contribution in [3.8, 4) is 12.0 Å². The molecule has 0 saturated heterocycles. The maximum absolute atomic E-state index is 5.88. The first-order chi connectivity index (χ1) is 9.44. The van der Waals surface area contributed by atoms with Gasteiger partial charge in [0.05, 0.1) is 6.10 Å². The minimum atomic E-state index is -0.0168. The second-order valence-corrected chi connectivity index (χ2v) is 6.18. The first kappa shape index (κ1) is 15.3. The van der Waals surface area contributed by atoms with Gasteiger partial charge in [-0.2, -0.15) is 9.97 Å². The van der Waals surface area contributed by atoms with Crippen molar-refractivity contribution in [3.63, 3.8) is 0 Å². The Morgan fingerprint density at radius 3 is 2.40 bits per heavy atom. The highest BCUT2D eigenvalue weighted by atomic mass is 35.5. The average molecular weight is 300 g/mol. The summed E-state index contributed by atoms with van der Waals surface area (Å²) in [6.45, 7) is 8.36. The first-order valence-corrected chi connectivity index (χ1v) is 7.56. The lowest BCUT2D eigenvalue weighted by atomic mass is 9.80. The van der Waals surface area contributed by atoms with Gasteiger partial charge in [0, 0.05) is 0 Å². The molecular formula is C14H22ClN3O2.